The second kappa shape index (κ2) is 3.62. The second-order valence-electron chi connectivity index (χ2n) is 3.26. The Kier molecular flexibility index (Phi) is 2.44. The minimum atomic E-state index is -0.940. The lowest BCUT2D eigenvalue weighted by atomic mass is 10.1. The van der Waals surface area contributed by atoms with Crippen LogP contribution in [-0.4, -0.2) is 16.1 Å². The summed E-state index contributed by atoms with van der Waals surface area (Å²) in [6, 6.07) is 7.23. The molecule has 0 aliphatic carbocycles. The SMILES string of the molecule is Cc1nc2cc(Br)ccc2cc1C(=O)O. The number of aromatic carboxylic acids is 1. The normalized spacial score (nSPS) is 10.5. The molecule has 0 fully saturated rings. The predicted octanol–water partition coefficient (Wildman–Crippen LogP) is 3.00. The molecule has 0 amide bonds. The molecule has 0 atom stereocenters. The second-order valence-corrected chi connectivity index (χ2v) is 4.18. The standard InChI is InChI=1S/C11H8BrNO2/c1-6-9(11(14)15)4-7-2-3-8(12)5-10(7)13-6/h2-5H,1H3,(H,14,15). The molecular formula is C11H8BrNO2. The minimum absolute atomic E-state index is 0.254. The van der Waals surface area contributed by atoms with E-state index in [9.17, 15) is 4.79 Å². The summed E-state index contributed by atoms with van der Waals surface area (Å²) >= 11 is 3.35. The van der Waals surface area contributed by atoms with Crippen LogP contribution in [0.4, 0.5) is 0 Å². The highest BCUT2D eigenvalue weighted by Crippen LogP contribution is 2.20. The summed E-state index contributed by atoms with van der Waals surface area (Å²) in [5.74, 6) is -0.940. The molecule has 2 rings (SSSR count). The predicted molar refractivity (Wildman–Crippen MR) is 61.1 cm³/mol. The summed E-state index contributed by atoms with van der Waals surface area (Å²) in [6.45, 7) is 1.70. The lowest BCUT2D eigenvalue weighted by molar-refractivity contribution is 0.0696. The molecular weight excluding hydrogens is 258 g/mol. The average Bonchev–Trinajstić information content (AvgIpc) is 2.15. The van der Waals surface area contributed by atoms with Gasteiger partial charge in [0, 0.05) is 9.86 Å². The van der Waals surface area contributed by atoms with Crippen molar-refractivity contribution in [3.05, 3.63) is 40.0 Å². The zero-order valence-electron chi connectivity index (χ0n) is 7.99. The van der Waals surface area contributed by atoms with Gasteiger partial charge in [-0.05, 0) is 25.1 Å². The average molecular weight is 266 g/mol. The molecule has 4 heteroatoms. The Balaban J connectivity index is 2.76. The first kappa shape index (κ1) is 10.1. The number of hydrogen-bond acceptors (Lipinski definition) is 2. The van der Waals surface area contributed by atoms with Gasteiger partial charge in [-0.15, -0.1) is 0 Å². The number of hydrogen-bond donors (Lipinski definition) is 1. The maximum Gasteiger partial charge on any atom is 0.337 e. The van der Waals surface area contributed by atoms with Crippen molar-refractivity contribution in [2.45, 2.75) is 6.92 Å². The van der Waals surface area contributed by atoms with Crippen LogP contribution in [0.2, 0.25) is 0 Å². The van der Waals surface area contributed by atoms with Gasteiger partial charge in [0.05, 0.1) is 16.8 Å². The maximum absolute atomic E-state index is 10.9. The quantitative estimate of drug-likeness (QED) is 0.863. The molecule has 15 heavy (non-hydrogen) atoms. The summed E-state index contributed by atoms with van der Waals surface area (Å²) in [7, 11) is 0. The van der Waals surface area contributed by atoms with Crippen LogP contribution < -0.4 is 0 Å². The first-order chi connectivity index (χ1) is 7.08. The van der Waals surface area contributed by atoms with Crippen LogP contribution in [0.3, 0.4) is 0 Å². The molecule has 1 heterocycles. The number of aryl methyl sites for hydroxylation is 1. The van der Waals surface area contributed by atoms with Crippen molar-refractivity contribution in [3.8, 4) is 0 Å². The number of carboxylic acid groups (broad SMARTS) is 1. The van der Waals surface area contributed by atoms with Gasteiger partial charge in [0.25, 0.3) is 0 Å². The van der Waals surface area contributed by atoms with E-state index in [1.54, 1.807) is 13.0 Å². The fourth-order valence-electron chi connectivity index (χ4n) is 1.45. The van der Waals surface area contributed by atoms with Crippen molar-refractivity contribution >= 4 is 32.8 Å². The van der Waals surface area contributed by atoms with E-state index in [-0.39, 0.29) is 5.56 Å². The van der Waals surface area contributed by atoms with Gasteiger partial charge in [-0.2, -0.15) is 0 Å². The van der Waals surface area contributed by atoms with Gasteiger partial charge in [0.15, 0.2) is 0 Å². The van der Waals surface area contributed by atoms with Crippen molar-refractivity contribution in [2.24, 2.45) is 0 Å². The van der Waals surface area contributed by atoms with E-state index in [1.165, 1.54) is 0 Å². The Morgan fingerprint density at radius 1 is 1.40 bits per heavy atom. The van der Waals surface area contributed by atoms with E-state index in [0.717, 1.165) is 15.4 Å². The van der Waals surface area contributed by atoms with Crippen molar-refractivity contribution in [2.75, 3.05) is 0 Å². The summed E-state index contributed by atoms with van der Waals surface area (Å²) in [5, 5.41) is 9.76. The van der Waals surface area contributed by atoms with Crippen molar-refractivity contribution in [1.82, 2.24) is 4.98 Å². The highest BCUT2D eigenvalue weighted by Gasteiger charge is 2.09. The zero-order chi connectivity index (χ0) is 11.0. The molecule has 0 unspecified atom stereocenters. The molecule has 3 nitrogen and oxygen atoms in total. The van der Waals surface area contributed by atoms with Gasteiger partial charge in [0.2, 0.25) is 0 Å². The van der Waals surface area contributed by atoms with E-state index in [2.05, 4.69) is 20.9 Å². The van der Waals surface area contributed by atoms with Gasteiger partial charge >= 0.3 is 5.97 Å². The maximum atomic E-state index is 10.9. The number of aromatic nitrogens is 1. The van der Waals surface area contributed by atoms with Gasteiger partial charge in [-0.1, -0.05) is 22.0 Å². The van der Waals surface area contributed by atoms with Crippen LogP contribution in [0, 0.1) is 6.92 Å². The topological polar surface area (TPSA) is 50.2 Å². The van der Waals surface area contributed by atoms with Gasteiger partial charge in [0.1, 0.15) is 0 Å². The third-order valence-electron chi connectivity index (χ3n) is 2.20. The first-order valence-corrected chi connectivity index (χ1v) is 5.17. The largest absolute Gasteiger partial charge is 0.478 e. The smallest absolute Gasteiger partial charge is 0.337 e. The number of benzene rings is 1. The van der Waals surface area contributed by atoms with E-state index in [0.29, 0.717) is 5.69 Å². The van der Waals surface area contributed by atoms with Crippen LogP contribution in [0.15, 0.2) is 28.7 Å². The monoisotopic (exact) mass is 265 g/mol. The zero-order valence-corrected chi connectivity index (χ0v) is 9.58. The molecule has 76 valence electrons. The van der Waals surface area contributed by atoms with Crippen LogP contribution in [0.1, 0.15) is 16.1 Å². The number of fused-ring (bicyclic) bond motifs is 1. The van der Waals surface area contributed by atoms with Crippen LogP contribution >= 0.6 is 15.9 Å². The van der Waals surface area contributed by atoms with Crippen molar-refractivity contribution in [3.63, 3.8) is 0 Å². The van der Waals surface area contributed by atoms with E-state index in [4.69, 9.17) is 5.11 Å². The van der Waals surface area contributed by atoms with Crippen molar-refractivity contribution < 1.29 is 9.90 Å². The first-order valence-electron chi connectivity index (χ1n) is 4.38. The Bertz CT molecular complexity index is 552. The highest BCUT2D eigenvalue weighted by molar-refractivity contribution is 9.10. The van der Waals surface area contributed by atoms with Crippen LogP contribution in [0.25, 0.3) is 10.9 Å². The molecule has 0 saturated carbocycles. The van der Waals surface area contributed by atoms with Gasteiger partial charge < -0.3 is 5.11 Å². The van der Waals surface area contributed by atoms with Gasteiger partial charge in [-0.25, -0.2) is 4.79 Å². The molecule has 0 bridgehead atoms. The fraction of sp³-hybridized carbons (Fsp3) is 0.0909. The molecule has 1 N–H and O–H groups in total. The molecule has 1 aromatic carbocycles. The number of nitrogens with zero attached hydrogens (tertiary/aromatic N) is 1. The summed E-state index contributed by atoms with van der Waals surface area (Å²) < 4.78 is 0.935. The van der Waals surface area contributed by atoms with Gasteiger partial charge in [-0.3, -0.25) is 4.98 Å². The van der Waals surface area contributed by atoms with Crippen LogP contribution in [-0.2, 0) is 0 Å². The number of halogens is 1. The minimum Gasteiger partial charge on any atom is -0.478 e. The third kappa shape index (κ3) is 1.85. The fourth-order valence-corrected chi connectivity index (χ4v) is 1.80. The summed E-state index contributed by atoms with van der Waals surface area (Å²) in [4.78, 5) is 15.1. The number of rotatable bonds is 1. The molecule has 0 radical (unpaired) electrons. The number of carbonyl (C=O) groups is 1. The third-order valence-corrected chi connectivity index (χ3v) is 2.69. The molecule has 2 aromatic rings. The summed E-state index contributed by atoms with van der Waals surface area (Å²) in [5.41, 5.74) is 1.59. The molecule has 0 spiro atoms. The lowest BCUT2D eigenvalue weighted by Crippen LogP contribution is -2.01. The number of pyridine rings is 1. The number of carboxylic acids is 1. The summed E-state index contributed by atoms with van der Waals surface area (Å²) in [6.07, 6.45) is 0. The van der Waals surface area contributed by atoms with E-state index >= 15 is 0 Å². The molecule has 1 aromatic heterocycles. The van der Waals surface area contributed by atoms with Crippen LogP contribution in [0.5, 0.6) is 0 Å². The molecule has 0 aliphatic heterocycles. The molecule has 0 aliphatic rings. The van der Waals surface area contributed by atoms with E-state index < -0.39 is 5.97 Å². The Hall–Kier alpha value is -1.42. The lowest BCUT2D eigenvalue weighted by Gasteiger charge is -2.03. The Morgan fingerprint density at radius 3 is 2.80 bits per heavy atom. The Labute approximate surface area is 94.9 Å². The van der Waals surface area contributed by atoms with E-state index in [1.807, 2.05) is 18.2 Å². The molecule has 0 saturated heterocycles. The Morgan fingerprint density at radius 2 is 2.13 bits per heavy atom. The van der Waals surface area contributed by atoms with Crippen molar-refractivity contribution in [1.29, 1.82) is 0 Å². The highest BCUT2D eigenvalue weighted by atomic mass is 79.9.